The second-order valence-corrected chi connectivity index (χ2v) is 18.4. The average Bonchev–Trinajstić information content (AvgIpc) is 3.07. The van der Waals surface area contributed by atoms with Crippen molar-refractivity contribution in [1.29, 1.82) is 0 Å². The predicted molar refractivity (Wildman–Crippen MR) is 194 cm³/mol. The lowest BCUT2D eigenvalue weighted by Crippen LogP contribution is -2.55. The minimum Gasteiger partial charge on any atom is -0.417 e. The van der Waals surface area contributed by atoms with Crippen LogP contribution in [0.3, 0.4) is 0 Å². The molecule has 0 aliphatic heterocycles. The Morgan fingerprint density at radius 2 is 1.20 bits per heavy atom. The molecule has 4 aromatic rings. The smallest absolute Gasteiger partial charge is 0.191 e. The lowest BCUT2D eigenvalue weighted by molar-refractivity contribution is 0.0500. The molecule has 2 N–H and O–H groups in total. The fourth-order valence-electron chi connectivity index (χ4n) is 5.47. The SMILES string of the molecule is CC(C)(C)[Si](C)(C)OCCCC/C=C/[C@H](O)[C@H](COCc1ccccc1)NC(c1ccccc1)(c1ccccc1)c1ccccc1. The molecular formula is C41H53NO3Si. The first-order chi connectivity index (χ1) is 22.1. The lowest BCUT2D eigenvalue weighted by Gasteiger charge is -2.41. The normalized spacial score (nSPS) is 14.0. The van der Waals surface area contributed by atoms with E-state index in [1.54, 1.807) is 0 Å². The largest absolute Gasteiger partial charge is 0.417 e. The molecule has 0 fully saturated rings. The van der Waals surface area contributed by atoms with Gasteiger partial charge in [0.1, 0.15) is 0 Å². The average molecular weight is 636 g/mol. The molecule has 0 amide bonds. The molecule has 0 unspecified atom stereocenters. The Labute approximate surface area is 278 Å². The highest BCUT2D eigenvalue weighted by molar-refractivity contribution is 6.74. The van der Waals surface area contributed by atoms with Crippen LogP contribution >= 0.6 is 0 Å². The lowest BCUT2D eigenvalue weighted by atomic mass is 9.76. The molecule has 0 saturated heterocycles. The summed E-state index contributed by atoms with van der Waals surface area (Å²) in [7, 11) is -1.73. The van der Waals surface area contributed by atoms with Crippen LogP contribution in [-0.2, 0) is 21.3 Å². The van der Waals surface area contributed by atoms with Crippen LogP contribution < -0.4 is 5.32 Å². The highest BCUT2D eigenvalue weighted by Gasteiger charge is 2.39. The number of aliphatic hydroxyl groups is 1. The van der Waals surface area contributed by atoms with Crippen molar-refractivity contribution in [3.05, 3.63) is 156 Å². The second-order valence-electron chi connectivity index (χ2n) is 13.6. The molecule has 0 aliphatic rings. The highest BCUT2D eigenvalue weighted by atomic mass is 28.4. The van der Waals surface area contributed by atoms with Gasteiger partial charge in [0, 0.05) is 6.61 Å². The van der Waals surface area contributed by atoms with Crippen LogP contribution in [0.1, 0.15) is 62.3 Å². The van der Waals surface area contributed by atoms with Gasteiger partial charge in [0.05, 0.1) is 30.9 Å². The molecule has 0 radical (unpaired) electrons. The van der Waals surface area contributed by atoms with E-state index in [0.717, 1.165) is 48.1 Å². The van der Waals surface area contributed by atoms with Gasteiger partial charge >= 0.3 is 0 Å². The Hall–Kier alpha value is -3.32. The van der Waals surface area contributed by atoms with Crippen molar-refractivity contribution >= 4 is 8.32 Å². The number of aliphatic hydroxyl groups excluding tert-OH is 1. The van der Waals surface area contributed by atoms with Crippen molar-refractivity contribution in [3.8, 4) is 0 Å². The Kier molecular flexibility index (Phi) is 13.1. The monoisotopic (exact) mass is 635 g/mol. The van der Waals surface area contributed by atoms with Gasteiger partial charge in [0.25, 0.3) is 0 Å². The summed E-state index contributed by atoms with van der Waals surface area (Å²) in [6.45, 7) is 13.0. The van der Waals surface area contributed by atoms with E-state index in [4.69, 9.17) is 9.16 Å². The summed E-state index contributed by atoms with van der Waals surface area (Å²) < 4.78 is 12.7. The van der Waals surface area contributed by atoms with Crippen LogP contribution in [0.5, 0.6) is 0 Å². The molecule has 0 aromatic heterocycles. The van der Waals surface area contributed by atoms with Gasteiger partial charge in [-0.2, -0.15) is 0 Å². The third kappa shape index (κ3) is 9.60. The predicted octanol–water partition coefficient (Wildman–Crippen LogP) is 9.26. The molecular weight excluding hydrogens is 583 g/mol. The summed E-state index contributed by atoms with van der Waals surface area (Å²) in [4.78, 5) is 0. The van der Waals surface area contributed by atoms with Crippen molar-refractivity contribution in [2.75, 3.05) is 13.2 Å². The van der Waals surface area contributed by atoms with Crippen molar-refractivity contribution < 1.29 is 14.3 Å². The van der Waals surface area contributed by atoms with Gasteiger partial charge in [-0.3, -0.25) is 5.32 Å². The summed E-state index contributed by atoms with van der Waals surface area (Å²) in [6.07, 6.45) is 6.18. The first-order valence-corrected chi connectivity index (χ1v) is 19.6. The molecule has 5 heteroatoms. The Balaban J connectivity index is 1.57. The Morgan fingerprint density at radius 1 is 0.717 bits per heavy atom. The second kappa shape index (κ2) is 17.0. The Morgan fingerprint density at radius 3 is 1.67 bits per heavy atom. The van der Waals surface area contributed by atoms with E-state index < -0.39 is 26.0 Å². The molecule has 0 heterocycles. The van der Waals surface area contributed by atoms with Crippen molar-refractivity contribution in [3.63, 3.8) is 0 Å². The van der Waals surface area contributed by atoms with Crippen LogP contribution in [0.15, 0.2) is 133 Å². The fourth-order valence-corrected chi connectivity index (χ4v) is 6.56. The summed E-state index contributed by atoms with van der Waals surface area (Å²) in [5.74, 6) is 0. The molecule has 0 aliphatic carbocycles. The third-order valence-electron chi connectivity index (χ3n) is 9.21. The number of hydrogen-bond acceptors (Lipinski definition) is 4. The molecule has 2 atom stereocenters. The standard InChI is InChI=1S/C41H53NO3Si/c1-40(2,3)46(4,5)45-31-21-7-6-20-30-39(43)38(33-44-32-34-22-12-8-13-23-34)42-41(35-24-14-9-15-25-35,36-26-16-10-17-27-36)37-28-18-11-19-29-37/h8-20,22-30,38-39,42-43H,6-7,21,31-33H2,1-5H3/b30-20+/t38-,39-/m0/s1. The molecule has 0 spiro atoms. The number of unbranched alkanes of at least 4 members (excludes halogenated alkanes) is 2. The topological polar surface area (TPSA) is 50.7 Å². The zero-order valence-electron chi connectivity index (χ0n) is 28.4. The number of ether oxygens (including phenoxy) is 1. The van der Waals surface area contributed by atoms with E-state index in [-0.39, 0.29) is 5.04 Å². The molecule has 4 rings (SSSR count). The van der Waals surface area contributed by atoms with Crippen LogP contribution in [0.4, 0.5) is 0 Å². The summed E-state index contributed by atoms with van der Waals surface area (Å²) >= 11 is 0. The molecule has 4 nitrogen and oxygen atoms in total. The van der Waals surface area contributed by atoms with E-state index in [0.29, 0.717) is 13.2 Å². The minimum atomic E-state index is -1.73. The van der Waals surface area contributed by atoms with Crippen LogP contribution in [-0.4, -0.2) is 38.8 Å². The van der Waals surface area contributed by atoms with Gasteiger partial charge < -0.3 is 14.3 Å². The third-order valence-corrected chi connectivity index (χ3v) is 13.7. The molecule has 46 heavy (non-hydrogen) atoms. The zero-order valence-corrected chi connectivity index (χ0v) is 29.4. The molecule has 4 aromatic carbocycles. The van der Waals surface area contributed by atoms with Gasteiger partial charge in [-0.05, 0) is 59.6 Å². The van der Waals surface area contributed by atoms with Crippen molar-refractivity contribution in [2.24, 2.45) is 0 Å². The van der Waals surface area contributed by atoms with Crippen molar-refractivity contribution in [2.45, 2.75) is 82.5 Å². The number of rotatable bonds is 17. The number of hydrogen-bond donors (Lipinski definition) is 2. The van der Waals surface area contributed by atoms with E-state index in [9.17, 15) is 5.11 Å². The van der Waals surface area contributed by atoms with Crippen molar-refractivity contribution in [1.82, 2.24) is 5.32 Å². The van der Waals surface area contributed by atoms with Crippen LogP contribution in [0.25, 0.3) is 0 Å². The van der Waals surface area contributed by atoms with Crippen LogP contribution in [0.2, 0.25) is 18.1 Å². The summed E-state index contributed by atoms with van der Waals surface area (Å²) in [5, 5.41) is 15.9. The summed E-state index contributed by atoms with van der Waals surface area (Å²) in [5.41, 5.74) is 3.67. The first-order valence-electron chi connectivity index (χ1n) is 16.7. The minimum absolute atomic E-state index is 0.218. The molecule has 244 valence electrons. The maximum absolute atomic E-state index is 11.8. The maximum Gasteiger partial charge on any atom is 0.191 e. The number of allylic oxidation sites excluding steroid dienone is 1. The van der Waals surface area contributed by atoms with Crippen LogP contribution in [0, 0.1) is 0 Å². The van der Waals surface area contributed by atoms with Gasteiger partial charge in [0.15, 0.2) is 8.32 Å². The summed E-state index contributed by atoms with van der Waals surface area (Å²) in [6, 6.07) is 41.3. The van der Waals surface area contributed by atoms with Gasteiger partial charge in [-0.15, -0.1) is 0 Å². The Bertz CT molecular complexity index is 1340. The van der Waals surface area contributed by atoms with Gasteiger partial charge in [-0.1, -0.05) is 154 Å². The van der Waals surface area contributed by atoms with E-state index in [1.807, 2.05) is 42.5 Å². The molecule has 0 saturated carbocycles. The highest BCUT2D eigenvalue weighted by Crippen LogP contribution is 2.38. The van der Waals surface area contributed by atoms with E-state index in [2.05, 4.69) is 130 Å². The zero-order chi connectivity index (χ0) is 32.9. The fraction of sp³-hybridized carbons (Fsp3) is 0.366. The van der Waals surface area contributed by atoms with Gasteiger partial charge in [-0.25, -0.2) is 0 Å². The van der Waals surface area contributed by atoms with Gasteiger partial charge in [0.2, 0.25) is 0 Å². The number of nitrogens with one attached hydrogen (secondary N) is 1. The van der Waals surface area contributed by atoms with E-state index >= 15 is 0 Å². The number of benzene rings is 4. The quantitative estimate of drug-likeness (QED) is 0.0526. The maximum atomic E-state index is 11.8. The van der Waals surface area contributed by atoms with E-state index in [1.165, 1.54) is 0 Å². The first kappa shape index (κ1) is 35.5. The molecule has 0 bridgehead atoms.